The minimum Gasteiger partial charge on any atom is -0.348 e. The molecule has 1 heterocycles. The van der Waals surface area contributed by atoms with Crippen LogP contribution in [0, 0.1) is 0 Å². The standard InChI is InChI=1S/C14H18N2O2S/c1-3-11(8-19-2)15-14(18)9-4-5-12-10(6-9)7-13(17)16-12/h4-6,11H,3,7-8H2,1-2H3,(H,15,18)(H,16,17). The lowest BCUT2D eigenvalue weighted by molar-refractivity contribution is -0.115. The molecule has 2 amide bonds. The molecule has 0 fully saturated rings. The van der Waals surface area contributed by atoms with Gasteiger partial charge < -0.3 is 10.6 Å². The van der Waals surface area contributed by atoms with Crippen molar-refractivity contribution >= 4 is 29.3 Å². The molecule has 102 valence electrons. The smallest absolute Gasteiger partial charge is 0.251 e. The third-order valence-electron chi connectivity index (χ3n) is 3.19. The third-order valence-corrected chi connectivity index (χ3v) is 3.92. The summed E-state index contributed by atoms with van der Waals surface area (Å²) >= 11 is 1.72. The average Bonchev–Trinajstić information content (AvgIpc) is 2.76. The highest BCUT2D eigenvalue weighted by atomic mass is 32.2. The van der Waals surface area contributed by atoms with Gasteiger partial charge in [-0.3, -0.25) is 9.59 Å². The maximum Gasteiger partial charge on any atom is 0.251 e. The summed E-state index contributed by atoms with van der Waals surface area (Å²) in [6.07, 6.45) is 3.30. The van der Waals surface area contributed by atoms with Crippen molar-refractivity contribution in [3.05, 3.63) is 29.3 Å². The molecule has 0 saturated carbocycles. The van der Waals surface area contributed by atoms with Gasteiger partial charge in [-0.05, 0) is 36.4 Å². The molecule has 5 heteroatoms. The Morgan fingerprint density at radius 3 is 3.00 bits per heavy atom. The topological polar surface area (TPSA) is 58.2 Å². The minimum atomic E-state index is -0.0666. The molecule has 19 heavy (non-hydrogen) atoms. The van der Waals surface area contributed by atoms with Crippen molar-refractivity contribution in [3.63, 3.8) is 0 Å². The molecule has 2 rings (SSSR count). The number of hydrogen-bond acceptors (Lipinski definition) is 3. The first-order valence-corrected chi connectivity index (χ1v) is 7.76. The maximum atomic E-state index is 12.1. The summed E-state index contributed by atoms with van der Waals surface area (Å²) in [4.78, 5) is 23.4. The van der Waals surface area contributed by atoms with E-state index in [9.17, 15) is 9.59 Å². The molecule has 0 spiro atoms. The fourth-order valence-corrected chi connectivity index (χ4v) is 2.82. The van der Waals surface area contributed by atoms with E-state index in [4.69, 9.17) is 0 Å². The molecule has 1 aromatic carbocycles. The molecule has 0 bridgehead atoms. The molecule has 4 nitrogen and oxygen atoms in total. The molecule has 1 aromatic rings. The fraction of sp³-hybridized carbons (Fsp3) is 0.429. The van der Waals surface area contributed by atoms with Crippen molar-refractivity contribution in [1.29, 1.82) is 0 Å². The van der Waals surface area contributed by atoms with Gasteiger partial charge in [-0.25, -0.2) is 0 Å². The Bertz CT molecular complexity index is 502. The van der Waals surface area contributed by atoms with Crippen LogP contribution in [0.3, 0.4) is 0 Å². The Kier molecular flexibility index (Phi) is 4.47. The Hall–Kier alpha value is -1.49. The molecule has 1 atom stereocenters. The predicted molar refractivity (Wildman–Crippen MR) is 78.7 cm³/mol. The summed E-state index contributed by atoms with van der Waals surface area (Å²) in [6.45, 7) is 2.06. The maximum absolute atomic E-state index is 12.1. The average molecular weight is 278 g/mol. The van der Waals surface area contributed by atoms with Crippen molar-refractivity contribution in [2.45, 2.75) is 25.8 Å². The van der Waals surface area contributed by atoms with Gasteiger partial charge in [0.05, 0.1) is 6.42 Å². The fourth-order valence-electron chi connectivity index (χ4n) is 2.10. The molecular weight excluding hydrogens is 260 g/mol. The van der Waals surface area contributed by atoms with Gasteiger partial charge in [0.2, 0.25) is 5.91 Å². The first-order chi connectivity index (χ1) is 9.13. The van der Waals surface area contributed by atoms with Gasteiger partial charge in [0.1, 0.15) is 0 Å². The van der Waals surface area contributed by atoms with E-state index in [0.29, 0.717) is 12.0 Å². The zero-order chi connectivity index (χ0) is 13.8. The molecule has 0 radical (unpaired) electrons. The number of anilines is 1. The highest BCUT2D eigenvalue weighted by Crippen LogP contribution is 2.23. The quantitative estimate of drug-likeness (QED) is 0.866. The normalized spacial score (nSPS) is 14.7. The second-order valence-electron chi connectivity index (χ2n) is 4.63. The molecular formula is C14H18N2O2S. The molecule has 1 aliphatic heterocycles. The summed E-state index contributed by atoms with van der Waals surface area (Å²) in [6, 6.07) is 5.54. The molecule has 1 aliphatic rings. The second kappa shape index (κ2) is 6.10. The summed E-state index contributed by atoms with van der Waals surface area (Å²) in [5.41, 5.74) is 2.34. The number of hydrogen-bond donors (Lipinski definition) is 2. The van der Waals surface area contributed by atoms with Gasteiger partial charge in [-0.1, -0.05) is 6.92 Å². The van der Waals surface area contributed by atoms with E-state index in [1.165, 1.54) is 0 Å². The number of benzene rings is 1. The first kappa shape index (κ1) is 13.9. The highest BCUT2D eigenvalue weighted by Gasteiger charge is 2.19. The monoisotopic (exact) mass is 278 g/mol. The van der Waals surface area contributed by atoms with Crippen LogP contribution >= 0.6 is 11.8 Å². The van der Waals surface area contributed by atoms with Crippen molar-refractivity contribution in [3.8, 4) is 0 Å². The number of amides is 2. The van der Waals surface area contributed by atoms with Gasteiger partial charge in [-0.2, -0.15) is 11.8 Å². The lowest BCUT2D eigenvalue weighted by Crippen LogP contribution is -2.36. The minimum absolute atomic E-state index is 0.0126. The third kappa shape index (κ3) is 3.29. The van der Waals surface area contributed by atoms with Crippen LogP contribution in [0.25, 0.3) is 0 Å². The van der Waals surface area contributed by atoms with Crippen LogP contribution in [0.4, 0.5) is 5.69 Å². The SMILES string of the molecule is CCC(CSC)NC(=O)c1ccc2c(c1)CC(=O)N2. The largest absolute Gasteiger partial charge is 0.348 e. The van der Waals surface area contributed by atoms with E-state index in [0.717, 1.165) is 23.4 Å². The predicted octanol–water partition coefficient (Wildman–Crippen LogP) is 2.05. The van der Waals surface area contributed by atoms with Crippen molar-refractivity contribution in [2.75, 3.05) is 17.3 Å². The number of carbonyl (C=O) groups is 2. The van der Waals surface area contributed by atoms with Crippen molar-refractivity contribution in [1.82, 2.24) is 5.32 Å². The van der Waals surface area contributed by atoms with Crippen molar-refractivity contribution in [2.24, 2.45) is 0 Å². The second-order valence-corrected chi connectivity index (χ2v) is 5.54. The lowest BCUT2D eigenvalue weighted by atomic mass is 10.1. The summed E-state index contributed by atoms with van der Waals surface area (Å²) in [5, 5.41) is 5.78. The van der Waals surface area contributed by atoms with E-state index >= 15 is 0 Å². The molecule has 1 unspecified atom stereocenters. The van der Waals surface area contributed by atoms with Gasteiger partial charge in [0, 0.05) is 23.0 Å². The lowest BCUT2D eigenvalue weighted by Gasteiger charge is -2.16. The first-order valence-electron chi connectivity index (χ1n) is 6.36. The van der Waals surface area contributed by atoms with Crippen LogP contribution in [0.2, 0.25) is 0 Å². The van der Waals surface area contributed by atoms with Crippen LogP contribution in [-0.2, 0) is 11.2 Å². The zero-order valence-corrected chi connectivity index (χ0v) is 12.0. The van der Waals surface area contributed by atoms with E-state index in [1.54, 1.807) is 30.0 Å². The Morgan fingerprint density at radius 1 is 1.53 bits per heavy atom. The zero-order valence-electron chi connectivity index (χ0n) is 11.2. The molecule has 2 N–H and O–H groups in total. The van der Waals surface area contributed by atoms with Crippen LogP contribution in [-0.4, -0.2) is 29.9 Å². The Balaban J connectivity index is 2.08. The van der Waals surface area contributed by atoms with Crippen LogP contribution < -0.4 is 10.6 Å². The van der Waals surface area contributed by atoms with Gasteiger partial charge in [0.25, 0.3) is 5.91 Å². The summed E-state index contributed by atoms with van der Waals surface area (Å²) < 4.78 is 0. The van der Waals surface area contributed by atoms with E-state index in [-0.39, 0.29) is 17.9 Å². The molecule has 0 aromatic heterocycles. The Morgan fingerprint density at radius 2 is 2.32 bits per heavy atom. The van der Waals surface area contributed by atoms with E-state index < -0.39 is 0 Å². The summed E-state index contributed by atoms with van der Waals surface area (Å²) in [5.74, 6) is 0.831. The number of rotatable bonds is 5. The van der Waals surface area contributed by atoms with Crippen LogP contribution in [0.1, 0.15) is 29.3 Å². The number of thioether (sulfide) groups is 1. The van der Waals surface area contributed by atoms with Crippen LogP contribution in [0.5, 0.6) is 0 Å². The molecule has 0 saturated heterocycles. The summed E-state index contributed by atoms with van der Waals surface area (Å²) in [7, 11) is 0. The number of nitrogens with one attached hydrogen (secondary N) is 2. The van der Waals surface area contributed by atoms with Crippen LogP contribution in [0.15, 0.2) is 18.2 Å². The number of carbonyl (C=O) groups excluding carboxylic acids is 2. The highest BCUT2D eigenvalue weighted by molar-refractivity contribution is 7.98. The van der Waals surface area contributed by atoms with Gasteiger partial charge in [0.15, 0.2) is 0 Å². The van der Waals surface area contributed by atoms with Crippen molar-refractivity contribution < 1.29 is 9.59 Å². The molecule has 0 aliphatic carbocycles. The number of fused-ring (bicyclic) bond motifs is 1. The Labute approximate surface area is 117 Å². The van der Waals surface area contributed by atoms with Gasteiger partial charge >= 0.3 is 0 Å². The van der Waals surface area contributed by atoms with E-state index in [1.807, 2.05) is 6.26 Å². The van der Waals surface area contributed by atoms with E-state index in [2.05, 4.69) is 17.6 Å². The van der Waals surface area contributed by atoms with Gasteiger partial charge in [-0.15, -0.1) is 0 Å².